The van der Waals surface area contributed by atoms with Gasteiger partial charge in [0.2, 0.25) is 5.95 Å². The molecular formula is C25H28N6O3. The number of phenols is 1. The number of nitrogens with zero attached hydrogens (tertiary/aromatic N) is 4. The zero-order chi connectivity index (χ0) is 24.1. The van der Waals surface area contributed by atoms with E-state index in [0.29, 0.717) is 34.9 Å². The molecule has 9 heteroatoms. The summed E-state index contributed by atoms with van der Waals surface area (Å²) in [4.78, 5) is 33.9. The van der Waals surface area contributed by atoms with Gasteiger partial charge < -0.3 is 15.7 Å². The van der Waals surface area contributed by atoms with Crippen molar-refractivity contribution >= 4 is 29.1 Å². The second kappa shape index (κ2) is 10.3. The van der Waals surface area contributed by atoms with Gasteiger partial charge in [0.05, 0.1) is 18.1 Å². The monoisotopic (exact) mass is 460 g/mol. The lowest BCUT2D eigenvalue weighted by Gasteiger charge is -2.30. The van der Waals surface area contributed by atoms with Gasteiger partial charge in [0.15, 0.2) is 0 Å². The molecule has 34 heavy (non-hydrogen) atoms. The summed E-state index contributed by atoms with van der Waals surface area (Å²) >= 11 is 0. The van der Waals surface area contributed by atoms with Crippen molar-refractivity contribution in [2.45, 2.75) is 26.7 Å². The minimum atomic E-state index is -0.354. The van der Waals surface area contributed by atoms with Crippen molar-refractivity contribution in [2.75, 3.05) is 30.3 Å². The fraction of sp³-hybridized carbons (Fsp3) is 0.280. The molecule has 176 valence electrons. The zero-order valence-corrected chi connectivity index (χ0v) is 19.3. The summed E-state index contributed by atoms with van der Waals surface area (Å²) in [5.41, 5.74) is 2.68. The predicted molar refractivity (Wildman–Crippen MR) is 130 cm³/mol. The van der Waals surface area contributed by atoms with Crippen LogP contribution in [0.3, 0.4) is 0 Å². The lowest BCUT2D eigenvalue weighted by Crippen LogP contribution is -2.44. The van der Waals surface area contributed by atoms with Crippen molar-refractivity contribution < 1.29 is 14.7 Å². The maximum atomic E-state index is 12.9. The van der Waals surface area contributed by atoms with E-state index in [4.69, 9.17) is 0 Å². The number of anilines is 3. The molecule has 0 saturated carbocycles. The topological polar surface area (TPSA) is 111 Å². The normalized spacial score (nSPS) is 13.5. The SMILES string of the molecule is CCN(C(=O)c1ccc(Nc2ncc(NC(=O)c3cccc(O)c3C)cn2)cc1)N1CCCC1. The number of benzene rings is 2. The van der Waals surface area contributed by atoms with E-state index in [9.17, 15) is 14.7 Å². The van der Waals surface area contributed by atoms with Crippen LogP contribution < -0.4 is 10.6 Å². The van der Waals surface area contributed by atoms with Crippen molar-refractivity contribution in [2.24, 2.45) is 0 Å². The van der Waals surface area contributed by atoms with Crippen molar-refractivity contribution in [3.05, 3.63) is 71.5 Å². The number of hydrogen-bond acceptors (Lipinski definition) is 7. The molecule has 0 spiro atoms. The molecular weight excluding hydrogens is 432 g/mol. The number of rotatable bonds is 7. The Morgan fingerprint density at radius 3 is 2.35 bits per heavy atom. The second-order valence-electron chi connectivity index (χ2n) is 8.08. The number of phenolic OH excluding ortho intramolecular Hbond substituents is 1. The zero-order valence-electron chi connectivity index (χ0n) is 19.3. The highest BCUT2D eigenvalue weighted by atomic mass is 16.3. The maximum absolute atomic E-state index is 12.9. The van der Waals surface area contributed by atoms with Gasteiger partial charge in [-0.15, -0.1) is 0 Å². The number of carbonyl (C=O) groups excluding carboxylic acids is 2. The number of hydrazine groups is 1. The van der Waals surface area contributed by atoms with E-state index in [2.05, 4.69) is 25.6 Å². The third-order valence-corrected chi connectivity index (χ3v) is 5.81. The first kappa shape index (κ1) is 23.2. The quantitative estimate of drug-likeness (QED) is 0.489. The Bertz CT molecular complexity index is 1160. The summed E-state index contributed by atoms with van der Waals surface area (Å²) in [5.74, 6) is 0.0646. The average Bonchev–Trinajstić information content (AvgIpc) is 3.37. The van der Waals surface area contributed by atoms with E-state index in [0.717, 1.165) is 31.6 Å². The molecule has 1 aromatic heterocycles. The highest BCUT2D eigenvalue weighted by Gasteiger charge is 2.23. The molecule has 1 aliphatic rings. The second-order valence-corrected chi connectivity index (χ2v) is 8.08. The van der Waals surface area contributed by atoms with Gasteiger partial charge in [-0.3, -0.25) is 14.6 Å². The fourth-order valence-electron chi connectivity index (χ4n) is 3.91. The first-order valence-corrected chi connectivity index (χ1v) is 11.3. The summed E-state index contributed by atoms with van der Waals surface area (Å²) in [6.45, 7) is 6.14. The highest BCUT2D eigenvalue weighted by Crippen LogP contribution is 2.21. The third kappa shape index (κ3) is 5.15. The van der Waals surface area contributed by atoms with Crippen LogP contribution in [0.5, 0.6) is 5.75 Å². The minimum absolute atomic E-state index is 0.00531. The van der Waals surface area contributed by atoms with Crippen LogP contribution in [0.1, 0.15) is 46.0 Å². The van der Waals surface area contributed by atoms with Crippen LogP contribution in [0.15, 0.2) is 54.9 Å². The van der Waals surface area contributed by atoms with Gasteiger partial charge in [-0.05, 0) is 63.1 Å². The molecule has 0 radical (unpaired) electrons. The van der Waals surface area contributed by atoms with Crippen LogP contribution in [-0.4, -0.2) is 56.5 Å². The molecule has 2 heterocycles. The largest absolute Gasteiger partial charge is 0.508 e. The third-order valence-electron chi connectivity index (χ3n) is 5.81. The number of amides is 2. The molecule has 1 fully saturated rings. The van der Waals surface area contributed by atoms with Gasteiger partial charge in [0, 0.05) is 42.0 Å². The molecule has 9 nitrogen and oxygen atoms in total. The standard InChI is InChI=1S/C25H28N6O3/c1-3-31(30-13-4-5-14-30)24(34)18-9-11-19(12-10-18)29-25-26-15-20(16-27-25)28-23(33)21-7-6-8-22(32)17(21)2/h6-12,15-16,32H,3-5,13-14H2,1-2H3,(H,28,33)(H,26,27,29). The molecule has 0 atom stereocenters. The predicted octanol–water partition coefficient (Wildman–Crippen LogP) is 3.96. The van der Waals surface area contributed by atoms with E-state index >= 15 is 0 Å². The van der Waals surface area contributed by atoms with Crippen LogP contribution in [0, 0.1) is 6.92 Å². The molecule has 2 aromatic carbocycles. The lowest BCUT2D eigenvalue weighted by atomic mass is 10.1. The number of hydrogen-bond donors (Lipinski definition) is 3. The molecule has 1 saturated heterocycles. The fourth-order valence-corrected chi connectivity index (χ4v) is 3.91. The number of aromatic nitrogens is 2. The Kier molecular flexibility index (Phi) is 7.03. The van der Waals surface area contributed by atoms with Gasteiger partial charge in [0.25, 0.3) is 11.8 Å². The van der Waals surface area contributed by atoms with Crippen molar-refractivity contribution in [3.8, 4) is 5.75 Å². The first-order valence-electron chi connectivity index (χ1n) is 11.3. The van der Waals surface area contributed by atoms with Gasteiger partial charge in [-0.25, -0.2) is 15.0 Å². The Morgan fingerprint density at radius 2 is 1.71 bits per heavy atom. The average molecular weight is 461 g/mol. The van der Waals surface area contributed by atoms with Gasteiger partial charge in [0.1, 0.15) is 5.75 Å². The van der Waals surface area contributed by atoms with E-state index < -0.39 is 0 Å². The lowest BCUT2D eigenvalue weighted by molar-refractivity contribution is 0.00736. The molecule has 1 aliphatic heterocycles. The van der Waals surface area contributed by atoms with E-state index in [-0.39, 0.29) is 17.6 Å². The molecule has 2 amide bonds. The van der Waals surface area contributed by atoms with E-state index in [1.54, 1.807) is 31.2 Å². The summed E-state index contributed by atoms with van der Waals surface area (Å²) in [5, 5.41) is 19.5. The van der Waals surface area contributed by atoms with Gasteiger partial charge >= 0.3 is 0 Å². The van der Waals surface area contributed by atoms with E-state index in [1.165, 1.54) is 18.5 Å². The van der Waals surface area contributed by atoms with Crippen LogP contribution in [0.4, 0.5) is 17.3 Å². The molecule has 4 rings (SSSR count). The Balaban J connectivity index is 1.37. The van der Waals surface area contributed by atoms with Crippen LogP contribution in [0.2, 0.25) is 0 Å². The van der Waals surface area contributed by atoms with E-state index in [1.807, 2.05) is 24.1 Å². The molecule has 3 aromatic rings. The summed E-state index contributed by atoms with van der Waals surface area (Å²) < 4.78 is 0. The summed E-state index contributed by atoms with van der Waals surface area (Å²) in [6, 6.07) is 12.0. The van der Waals surface area contributed by atoms with Crippen LogP contribution in [0.25, 0.3) is 0 Å². The Labute approximate surface area is 198 Å². The van der Waals surface area contributed by atoms with Gasteiger partial charge in [-0.1, -0.05) is 6.07 Å². The summed E-state index contributed by atoms with van der Waals surface area (Å²) in [7, 11) is 0. The highest BCUT2D eigenvalue weighted by molar-refractivity contribution is 6.05. The number of carbonyl (C=O) groups is 2. The smallest absolute Gasteiger partial charge is 0.268 e. The van der Waals surface area contributed by atoms with Crippen LogP contribution >= 0.6 is 0 Å². The number of aromatic hydroxyl groups is 1. The number of nitrogens with one attached hydrogen (secondary N) is 2. The maximum Gasteiger partial charge on any atom is 0.268 e. The molecule has 0 aliphatic carbocycles. The minimum Gasteiger partial charge on any atom is -0.508 e. The van der Waals surface area contributed by atoms with Crippen LogP contribution in [-0.2, 0) is 0 Å². The van der Waals surface area contributed by atoms with Crippen molar-refractivity contribution in [1.29, 1.82) is 0 Å². The first-order chi connectivity index (χ1) is 16.5. The molecule has 0 bridgehead atoms. The Morgan fingerprint density at radius 1 is 1.03 bits per heavy atom. The molecule has 3 N–H and O–H groups in total. The van der Waals surface area contributed by atoms with Crippen molar-refractivity contribution in [1.82, 2.24) is 20.0 Å². The van der Waals surface area contributed by atoms with Gasteiger partial charge in [-0.2, -0.15) is 0 Å². The summed E-state index contributed by atoms with van der Waals surface area (Å²) in [6.07, 6.45) is 5.23. The Hall–Kier alpha value is -3.98. The van der Waals surface area contributed by atoms with Crippen molar-refractivity contribution in [3.63, 3.8) is 0 Å². The molecule has 0 unspecified atom stereocenters.